The fraction of sp³-hybridized carbons (Fsp3) is 1.00. The molecule has 4 nitrogen and oxygen atoms in total. The number of phosphoric acid groups is 1. The van der Waals surface area contributed by atoms with Gasteiger partial charge in [-0.1, -0.05) is 65.2 Å². The molecule has 0 unspecified atom stereocenters. The van der Waals surface area contributed by atoms with Crippen LogP contribution in [0.1, 0.15) is 73.1 Å². The second-order valence-electron chi connectivity index (χ2n) is 5.33. The summed E-state index contributed by atoms with van der Waals surface area (Å²) in [6, 6.07) is 0. The van der Waals surface area contributed by atoms with Crippen molar-refractivity contribution in [3.05, 3.63) is 0 Å². The third-order valence-corrected chi connectivity index (χ3v) is 3.45. The van der Waals surface area contributed by atoms with Crippen LogP contribution in [0.2, 0.25) is 0 Å². The first-order valence-electron chi connectivity index (χ1n) is 7.12. The molecule has 0 fully saturated rings. The molecule has 0 heterocycles. The summed E-state index contributed by atoms with van der Waals surface area (Å²) in [5.41, 5.74) is 0. The third-order valence-electron chi connectivity index (χ3n) is 2.94. The first-order valence-corrected chi connectivity index (χ1v) is 8.65. The summed E-state index contributed by atoms with van der Waals surface area (Å²) in [6.07, 6.45) is 10.7. The number of hydrogen-bond donors (Lipinski definition) is 2. The Bertz CT molecular complexity index is 236. The van der Waals surface area contributed by atoms with Crippen molar-refractivity contribution in [1.29, 1.82) is 0 Å². The van der Waals surface area contributed by atoms with Crippen molar-refractivity contribution in [3.63, 3.8) is 0 Å². The van der Waals surface area contributed by atoms with Crippen LogP contribution in [0.5, 0.6) is 0 Å². The van der Waals surface area contributed by atoms with Crippen molar-refractivity contribution < 1.29 is 71.7 Å². The minimum atomic E-state index is -4.25. The minimum absolute atomic E-state index is 0. The number of hydrogen-bond acceptors (Lipinski definition) is 2. The zero-order chi connectivity index (χ0) is 13.9. The Morgan fingerprint density at radius 1 is 0.947 bits per heavy atom. The maximum Gasteiger partial charge on any atom is 1.00 e. The van der Waals surface area contributed by atoms with E-state index in [-0.39, 0.29) is 59.4 Å². The van der Waals surface area contributed by atoms with Crippen LogP contribution in [0.4, 0.5) is 0 Å². The van der Waals surface area contributed by atoms with E-state index < -0.39 is 7.82 Å². The van der Waals surface area contributed by atoms with Gasteiger partial charge in [-0.15, -0.1) is 0 Å². The van der Waals surface area contributed by atoms with Crippen LogP contribution < -0.4 is 51.4 Å². The molecule has 0 amide bonds. The predicted octanol–water partition coefficient (Wildman–Crippen LogP) is 1.38. The number of phosphoric ester groups is 1. The van der Waals surface area contributed by atoms with Gasteiger partial charge in [0.2, 0.25) is 0 Å². The first-order chi connectivity index (χ1) is 8.42. The Morgan fingerprint density at radius 3 is 1.79 bits per heavy atom. The SMILES string of the molecule is CC(C)CCCCCCCCCCOP(=O)(O)O.[H-].[K+]. The second kappa shape index (κ2) is 14.7. The van der Waals surface area contributed by atoms with Crippen molar-refractivity contribution in [1.82, 2.24) is 0 Å². The summed E-state index contributed by atoms with van der Waals surface area (Å²) < 4.78 is 14.8. The molecule has 0 aromatic heterocycles. The Kier molecular flexibility index (Phi) is 17.8. The molecule has 2 N–H and O–H groups in total. The van der Waals surface area contributed by atoms with Crippen molar-refractivity contribution in [3.8, 4) is 0 Å². The number of unbranched alkanes of at least 4 members (excludes halogenated alkanes) is 7. The Morgan fingerprint density at radius 2 is 1.37 bits per heavy atom. The molecule has 0 bridgehead atoms. The van der Waals surface area contributed by atoms with Gasteiger partial charge in [-0.3, -0.25) is 4.52 Å². The van der Waals surface area contributed by atoms with E-state index in [1.54, 1.807) is 0 Å². The average Bonchev–Trinajstić information content (AvgIpc) is 2.24. The van der Waals surface area contributed by atoms with Crippen LogP contribution in [0.3, 0.4) is 0 Å². The van der Waals surface area contributed by atoms with Crippen LogP contribution in [0, 0.1) is 5.92 Å². The van der Waals surface area contributed by atoms with Gasteiger partial charge in [0.15, 0.2) is 0 Å². The molecule has 0 saturated carbocycles. The molecule has 0 aromatic rings. The van der Waals surface area contributed by atoms with Crippen molar-refractivity contribution in [2.45, 2.75) is 71.6 Å². The zero-order valence-electron chi connectivity index (χ0n) is 13.8. The normalized spacial score (nSPS) is 11.6. The first kappa shape index (κ1) is 23.0. The van der Waals surface area contributed by atoms with Crippen LogP contribution in [-0.4, -0.2) is 16.4 Å². The van der Waals surface area contributed by atoms with Gasteiger partial charge in [0, 0.05) is 0 Å². The maximum absolute atomic E-state index is 10.4. The van der Waals surface area contributed by atoms with Crippen molar-refractivity contribution >= 4 is 7.82 Å². The van der Waals surface area contributed by atoms with Gasteiger partial charge in [0.25, 0.3) is 0 Å². The van der Waals surface area contributed by atoms with Crippen LogP contribution in [-0.2, 0) is 9.09 Å². The van der Waals surface area contributed by atoms with Gasteiger partial charge in [0.1, 0.15) is 0 Å². The molecule has 0 aliphatic carbocycles. The van der Waals surface area contributed by atoms with Gasteiger partial charge in [-0.2, -0.15) is 0 Å². The smallest absolute Gasteiger partial charge is 1.00 e. The molecular formula is C13H30KO4P. The van der Waals surface area contributed by atoms with Gasteiger partial charge < -0.3 is 11.2 Å². The van der Waals surface area contributed by atoms with Crippen molar-refractivity contribution in [2.24, 2.45) is 5.92 Å². The molecule has 19 heavy (non-hydrogen) atoms. The van der Waals surface area contributed by atoms with Crippen LogP contribution in [0.25, 0.3) is 0 Å². The largest absolute Gasteiger partial charge is 1.00 e. The van der Waals surface area contributed by atoms with Crippen molar-refractivity contribution in [2.75, 3.05) is 6.61 Å². The number of rotatable bonds is 12. The summed E-state index contributed by atoms with van der Waals surface area (Å²) in [5.74, 6) is 0.819. The van der Waals surface area contributed by atoms with E-state index >= 15 is 0 Å². The summed E-state index contributed by atoms with van der Waals surface area (Å²) >= 11 is 0. The van der Waals surface area contributed by atoms with E-state index in [1.807, 2.05) is 0 Å². The maximum atomic E-state index is 10.4. The summed E-state index contributed by atoms with van der Waals surface area (Å²) in [7, 11) is -4.25. The minimum Gasteiger partial charge on any atom is -1.00 e. The molecule has 0 aliphatic rings. The van der Waals surface area contributed by atoms with Gasteiger partial charge in [0.05, 0.1) is 6.61 Å². The molecule has 0 spiro atoms. The molecule has 0 saturated heterocycles. The molecular weight excluding hydrogens is 290 g/mol. The van der Waals surface area contributed by atoms with E-state index in [1.165, 1.54) is 38.5 Å². The molecule has 0 rings (SSSR count). The van der Waals surface area contributed by atoms with E-state index in [0.717, 1.165) is 25.2 Å². The Hall–Kier alpha value is 1.75. The van der Waals surface area contributed by atoms with Crippen LogP contribution in [0.15, 0.2) is 0 Å². The van der Waals surface area contributed by atoms with E-state index in [9.17, 15) is 4.57 Å². The van der Waals surface area contributed by atoms with Gasteiger partial charge in [-0.05, 0) is 12.3 Å². The molecule has 0 atom stereocenters. The average molecular weight is 320 g/mol. The molecule has 0 radical (unpaired) electrons. The quantitative estimate of drug-likeness (QED) is 0.324. The zero-order valence-corrected chi connectivity index (χ0v) is 16.8. The molecule has 112 valence electrons. The van der Waals surface area contributed by atoms with E-state index in [2.05, 4.69) is 18.4 Å². The summed E-state index contributed by atoms with van der Waals surface area (Å²) in [4.78, 5) is 16.9. The molecule has 0 aliphatic heterocycles. The summed E-state index contributed by atoms with van der Waals surface area (Å²) in [5, 5.41) is 0. The van der Waals surface area contributed by atoms with Gasteiger partial charge in [-0.25, -0.2) is 4.57 Å². The fourth-order valence-electron chi connectivity index (χ4n) is 1.90. The Balaban J connectivity index is -0.00000144. The summed E-state index contributed by atoms with van der Waals surface area (Å²) in [6.45, 7) is 4.69. The monoisotopic (exact) mass is 320 g/mol. The van der Waals surface area contributed by atoms with E-state index in [4.69, 9.17) is 9.79 Å². The van der Waals surface area contributed by atoms with Gasteiger partial charge >= 0.3 is 59.2 Å². The topological polar surface area (TPSA) is 66.8 Å². The Labute approximate surface area is 162 Å². The van der Waals surface area contributed by atoms with E-state index in [0.29, 0.717) is 0 Å². The standard InChI is InChI=1S/C13H29O4P.K.H/c1-13(2)11-9-7-5-3-4-6-8-10-12-17-18(14,15)16;;/h13H,3-12H2,1-2H3,(H2,14,15,16);;/q;+1;-1. The fourth-order valence-corrected chi connectivity index (χ4v) is 2.27. The molecule has 6 heteroatoms. The van der Waals surface area contributed by atoms with Crippen LogP contribution >= 0.6 is 7.82 Å². The predicted molar refractivity (Wildman–Crippen MR) is 75.5 cm³/mol. The molecule has 0 aromatic carbocycles. The third kappa shape index (κ3) is 22.2. The second-order valence-corrected chi connectivity index (χ2v) is 6.57.